The largest absolute Gasteiger partial charge is 0.276 e. The average Bonchev–Trinajstić information content (AvgIpc) is 3.06. The number of halogens is 1. The van der Waals surface area contributed by atoms with Crippen molar-refractivity contribution in [3.63, 3.8) is 0 Å². The maximum absolute atomic E-state index is 13.1. The molecule has 0 aliphatic heterocycles. The molecule has 0 fully saturated rings. The molecule has 0 saturated heterocycles. The molecule has 2 aromatic carbocycles. The van der Waals surface area contributed by atoms with Gasteiger partial charge >= 0.3 is 0 Å². The van der Waals surface area contributed by atoms with Gasteiger partial charge in [0.05, 0.1) is 23.3 Å². The number of sulfonamides is 1. The lowest BCUT2D eigenvalue weighted by Gasteiger charge is -2.19. The van der Waals surface area contributed by atoms with E-state index in [2.05, 4.69) is 9.82 Å². The zero-order valence-corrected chi connectivity index (χ0v) is 18.2. The Kier molecular flexibility index (Phi) is 5.55. The van der Waals surface area contributed by atoms with Gasteiger partial charge in [-0.25, -0.2) is 8.42 Å². The normalized spacial score (nSPS) is 11.6. The van der Waals surface area contributed by atoms with Crippen molar-refractivity contribution in [3.05, 3.63) is 75.1 Å². The fourth-order valence-electron chi connectivity index (χ4n) is 3.35. The molecule has 3 rings (SSSR count). The first-order chi connectivity index (χ1) is 13.1. The molecule has 0 radical (unpaired) electrons. The first-order valence-corrected chi connectivity index (χ1v) is 10.8. The van der Waals surface area contributed by atoms with Crippen LogP contribution in [0.3, 0.4) is 0 Å². The molecule has 28 heavy (non-hydrogen) atoms. The average molecular weight is 418 g/mol. The van der Waals surface area contributed by atoms with Gasteiger partial charge in [-0.2, -0.15) is 5.10 Å². The van der Waals surface area contributed by atoms with E-state index in [1.54, 1.807) is 10.9 Å². The Morgan fingerprint density at radius 3 is 2.04 bits per heavy atom. The summed E-state index contributed by atoms with van der Waals surface area (Å²) in [6, 6.07) is 7.46. The second kappa shape index (κ2) is 7.60. The lowest BCUT2D eigenvalue weighted by atomic mass is 9.95. The van der Waals surface area contributed by atoms with Crippen LogP contribution in [0.15, 0.2) is 41.6 Å². The molecule has 148 valence electrons. The second-order valence-electron chi connectivity index (χ2n) is 7.11. The van der Waals surface area contributed by atoms with Crippen molar-refractivity contribution >= 4 is 27.3 Å². The van der Waals surface area contributed by atoms with E-state index in [-0.39, 0.29) is 0 Å². The Labute approximate surface area is 171 Å². The predicted octanol–water partition coefficient (Wildman–Crippen LogP) is 4.93. The molecule has 0 bridgehead atoms. The van der Waals surface area contributed by atoms with Crippen LogP contribution in [0.1, 0.15) is 33.4 Å². The van der Waals surface area contributed by atoms with Crippen LogP contribution in [-0.2, 0) is 16.6 Å². The topological polar surface area (TPSA) is 64.0 Å². The summed E-state index contributed by atoms with van der Waals surface area (Å²) in [5.74, 6) is 0. The number of benzene rings is 2. The second-order valence-corrected chi connectivity index (χ2v) is 9.17. The number of nitrogens with one attached hydrogen (secondary N) is 1. The molecule has 0 unspecified atom stereocenters. The van der Waals surface area contributed by atoms with Gasteiger partial charge in [0, 0.05) is 11.2 Å². The van der Waals surface area contributed by atoms with Crippen LogP contribution < -0.4 is 4.72 Å². The lowest BCUT2D eigenvalue weighted by Crippen LogP contribution is -2.17. The maximum Gasteiger partial charge on any atom is 0.262 e. The molecule has 1 aromatic heterocycles. The third kappa shape index (κ3) is 3.93. The smallest absolute Gasteiger partial charge is 0.262 e. The van der Waals surface area contributed by atoms with E-state index in [4.69, 9.17) is 11.6 Å². The van der Waals surface area contributed by atoms with Crippen molar-refractivity contribution < 1.29 is 8.42 Å². The monoisotopic (exact) mass is 417 g/mol. The van der Waals surface area contributed by atoms with Crippen molar-refractivity contribution in [1.82, 2.24) is 9.78 Å². The summed E-state index contributed by atoms with van der Waals surface area (Å²) in [6.45, 7) is 10.2. The van der Waals surface area contributed by atoms with E-state index >= 15 is 0 Å². The summed E-state index contributed by atoms with van der Waals surface area (Å²) in [5.41, 5.74) is 6.15. The Bertz CT molecular complexity index is 1100. The van der Waals surface area contributed by atoms with E-state index < -0.39 is 10.0 Å². The maximum atomic E-state index is 13.1. The van der Waals surface area contributed by atoms with Gasteiger partial charge in [0.1, 0.15) is 0 Å². The molecule has 3 aromatic rings. The fourth-order valence-corrected chi connectivity index (χ4v) is 5.11. The van der Waals surface area contributed by atoms with Gasteiger partial charge in [0.15, 0.2) is 0 Å². The van der Waals surface area contributed by atoms with E-state index in [0.717, 1.165) is 33.4 Å². The Morgan fingerprint density at radius 1 is 0.929 bits per heavy atom. The molecular formula is C21H24ClN3O2S. The number of hydrogen-bond acceptors (Lipinski definition) is 3. The number of hydrogen-bond donors (Lipinski definition) is 1. The molecule has 0 spiro atoms. The van der Waals surface area contributed by atoms with Gasteiger partial charge in [-0.15, -0.1) is 0 Å². The summed E-state index contributed by atoms with van der Waals surface area (Å²) < 4.78 is 30.6. The van der Waals surface area contributed by atoms with Crippen LogP contribution in [0, 0.1) is 34.6 Å². The molecule has 0 atom stereocenters. The van der Waals surface area contributed by atoms with E-state index in [0.29, 0.717) is 22.2 Å². The Morgan fingerprint density at radius 2 is 1.46 bits per heavy atom. The zero-order valence-electron chi connectivity index (χ0n) is 16.7. The summed E-state index contributed by atoms with van der Waals surface area (Å²) in [6.07, 6.45) is 3.21. The van der Waals surface area contributed by atoms with Crippen LogP contribution in [0.4, 0.5) is 5.69 Å². The zero-order chi connectivity index (χ0) is 20.6. The molecule has 0 saturated carbocycles. The van der Waals surface area contributed by atoms with Gasteiger partial charge in [-0.3, -0.25) is 9.40 Å². The van der Waals surface area contributed by atoms with Gasteiger partial charge in [-0.1, -0.05) is 23.7 Å². The highest BCUT2D eigenvalue weighted by molar-refractivity contribution is 7.92. The molecule has 5 nitrogen and oxygen atoms in total. The quantitative estimate of drug-likeness (QED) is 0.640. The third-order valence-electron chi connectivity index (χ3n) is 5.34. The van der Waals surface area contributed by atoms with Crippen LogP contribution in [-0.4, -0.2) is 18.2 Å². The summed E-state index contributed by atoms with van der Waals surface area (Å²) >= 11 is 5.91. The van der Waals surface area contributed by atoms with Crippen LogP contribution in [0.2, 0.25) is 5.02 Å². The van der Waals surface area contributed by atoms with Crippen molar-refractivity contribution in [2.75, 3.05) is 4.72 Å². The summed E-state index contributed by atoms with van der Waals surface area (Å²) in [7, 11) is -3.72. The van der Waals surface area contributed by atoms with E-state index in [1.807, 2.05) is 58.9 Å². The number of aromatic nitrogens is 2. The lowest BCUT2D eigenvalue weighted by molar-refractivity contribution is 0.599. The highest BCUT2D eigenvalue weighted by Crippen LogP contribution is 2.30. The van der Waals surface area contributed by atoms with Crippen molar-refractivity contribution in [3.8, 4) is 0 Å². The fraction of sp³-hybridized carbons (Fsp3) is 0.286. The molecule has 0 amide bonds. The third-order valence-corrected chi connectivity index (χ3v) is 7.25. The first kappa shape index (κ1) is 20.4. The van der Waals surface area contributed by atoms with Crippen molar-refractivity contribution in [1.29, 1.82) is 0 Å². The van der Waals surface area contributed by atoms with E-state index in [1.165, 1.54) is 6.20 Å². The summed E-state index contributed by atoms with van der Waals surface area (Å²) in [5, 5.41) is 4.94. The molecule has 1 heterocycles. The first-order valence-electron chi connectivity index (χ1n) is 8.97. The van der Waals surface area contributed by atoms with Gasteiger partial charge in [-0.05, 0) is 80.1 Å². The predicted molar refractivity (Wildman–Crippen MR) is 114 cm³/mol. The molecular weight excluding hydrogens is 394 g/mol. The molecule has 0 aliphatic rings. The van der Waals surface area contributed by atoms with Gasteiger partial charge in [0.25, 0.3) is 10.0 Å². The van der Waals surface area contributed by atoms with Gasteiger partial charge < -0.3 is 0 Å². The van der Waals surface area contributed by atoms with E-state index in [9.17, 15) is 8.42 Å². The Balaban J connectivity index is 1.88. The van der Waals surface area contributed by atoms with Crippen LogP contribution in [0.25, 0.3) is 0 Å². The number of nitrogens with zero attached hydrogens (tertiary/aromatic N) is 2. The number of rotatable bonds is 5. The molecule has 1 N–H and O–H groups in total. The highest BCUT2D eigenvalue weighted by atomic mass is 35.5. The minimum absolute atomic E-state index is 0.346. The summed E-state index contributed by atoms with van der Waals surface area (Å²) in [4.78, 5) is 0.346. The molecule has 0 aliphatic carbocycles. The van der Waals surface area contributed by atoms with Gasteiger partial charge in [0.2, 0.25) is 0 Å². The standard InChI is InChI=1S/C21H24ClN3O2S/c1-13-14(2)16(4)21(17(5)15(13)3)28(26,27)24-20-10-23-25(12-20)11-18-6-8-19(22)9-7-18/h6-10,12,24H,11H2,1-5H3. The number of anilines is 1. The SMILES string of the molecule is Cc1c(C)c(C)c(S(=O)(=O)Nc2cnn(Cc3ccc(Cl)cc3)c2)c(C)c1C. The minimum atomic E-state index is -3.72. The highest BCUT2D eigenvalue weighted by Gasteiger charge is 2.24. The van der Waals surface area contributed by atoms with Crippen LogP contribution >= 0.6 is 11.6 Å². The molecule has 7 heteroatoms. The van der Waals surface area contributed by atoms with Crippen molar-refractivity contribution in [2.24, 2.45) is 0 Å². The Hall–Kier alpha value is -2.31. The van der Waals surface area contributed by atoms with Crippen molar-refractivity contribution in [2.45, 2.75) is 46.1 Å². The minimum Gasteiger partial charge on any atom is -0.276 e. The van der Waals surface area contributed by atoms with Crippen LogP contribution in [0.5, 0.6) is 0 Å².